The van der Waals surface area contributed by atoms with Crippen LogP contribution in [-0.2, 0) is 6.18 Å². The number of benzene rings is 1. The summed E-state index contributed by atoms with van der Waals surface area (Å²) in [6.45, 7) is 0. The number of aromatic carboxylic acids is 1. The summed E-state index contributed by atoms with van der Waals surface area (Å²) in [5.41, 5.74) is 0.0141. The van der Waals surface area contributed by atoms with Crippen LogP contribution >= 0.6 is 0 Å². The van der Waals surface area contributed by atoms with Crippen molar-refractivity contribution >= 4 is 5.97 Å². The van der Waals surface area contributed by atoms with E-state index in [1.54, 1.807) is 0 Å². The Labute approximate surface area is 106 Å². The van der Waals surface area contributed by atoms with E-state index in [1.807, 2.05) is 0 Å². The molecule has 19 heavy (non-hydrogen) atoms. The first-order valence-electron chi connectivity index (χ1n) is 5.25. The fourth-order valence-electron chi connectivity index (χ4n) is 1.55. The highest BCUT2D eigenvalue weighted by Gasteiger charge is 2.29. The summed E-state index contributed by atoms with van der Waals surface area (Å²) < 4.78 is 37.2. The highest BCUT2D eigenvalue weighted by Crippen LogP contribution is 2.30. The summed E-state index contributed by atoms with van der Waals surface area (Å²) >= 11 is 0. The van der Waals surface area contributed by atoms with Gasteiger partial charge in [0.2, 0.25) is 0 Å². The van der Waals surface area contributed by atoms with Crippen LogP contribution in [0.4, 0.5) is 13.2 Å². The molecule has 0 saturated carbocycles. The first kappa shape index (κ1) is 13.1. The zero-order valence-corrected chi connectivity index (χ0v) is 9.48. The molecule has 0 saturated heterocycles. The van der Waals surface area contributed by atoms with Crippen molar-refractivity contribution < 1.29 is 23.1 Å². The average molecular weight is 267 g/mol. The SMILES string of the molecule is O=C(O)c1ccnc(-c2ccc(C(F)(F)F)cc2)c1. The third-order valence-electron chi connectivity index (χ3n) is 2.51. The normalized spacial score (nSPS) is 11.3. The minimum atomic E-state index is -4.39. The second-order valence-electron chi connectivity index (χ2n) is 3.81. The van der Waals surface area contributed by atoms with E-state index in [2.05, 4.69) is 4.98 Å². The van der Waals surface area contributed by atoms with Crippen LogP contribution in [0.25, 0.3) is 11.3 Å². The van der Waals surface area contributed by atoms with Crippen LogP contribution < -0.4 is 0 Å². The van der Waals surface area contributed by atoms with Gasteiger partial charge in [-0.05, 0) is 24.3 Å². The van der Waals surface area contributed by atoms with Crippen molar-refractivity contribution in [3.63, 3.8) is 0 Å². The van der Waals surface area contributed by atoms with Gasteiger partial charge in [0.25, 0.3) is 0 Å². The largest absolute Gasteiger partial charge is 0.478 e. The predicted molar refractivity (Wildman–Crippen MR) is 61.6 cm³/mol. The number of nitrogens with zero attached hydrogens (tertiary/aromatic N) is 1. The molecule has 0 aliphatic carbocycles. The maximum absolute atomic E-state index is 12.4. The van der Waals surface area contributed by atoms with Crippen LogP contribution in [0.5, 0.6) is 0 Å². The number of carbonyl (C=O) groups is 1. The molecule has 0 fully saturated rings. The molecule has 0 unspecified atom stereocenters. The highest BCUT2D eigenvalue weighted by molar-refractivity contribution is 5.88. The topological polar surface area (TPSA) is 50.2 Å². The van der Waals surface area contributed by atoms with Crippen LogP contribution in [0.2, 0.25) is 0 Å². The van der Waals surface area contributed by atoms with Gasteiger partial charge in [0.1, 0.15) is 0 Å². The second-order valence-corrected chi connectivity index (χ2v) is 3.81. The lowest BCUT2D eigenvalue weighted by Gasteiger charge is -2.07. The summed E-state index contributed by atoms with van der Waals surface area (Å²) in [6.07, 6.45) is -3.09. The number of aromatic nitrogens is 1. The number of alkyl halides is 3. The van der Waals surface area contributed by atoms with E-state index in [9.17, 15) is 18.0 Å². The molecule has 1 heterocycles. The number of hydrogen-bond donors (Lipinski definition) is 1. The molecule has 1 aromatic carbocycles. The number of hydrogen-bond acceptors (Lipinski definition) is 2. The number of rotatable bonds is 2. The Morgan fingerprint density at radius 3 is 2.26 bits per heavy atom. The Hall–Kier alpha value is -2.37. The molecule has 0 bridgehead atoms. The fourth-order valence-corrected chi connectivity index (χ4v) is 1.55. The first-order valence-corrected chi connectivity index (χ1v) is 5.25. The predicted octanol–water partition coefficient (Wildman–Crippen LogP) is 3.47. The highest BCUT2D eigenvalue weighted by atomic mass is 19.4. The molecule has 1 aromatic heterocycles. The third kappa shape index (κ3) is 2.90. The minimum Gasteiger partial charge on any atom is -0.478 e. The quantitative estimate of drug-likeness (QED) is 0.906. The summed E-state index contributed by atoms with van der Waals surface area (Å²) in [5, 5.41) is 8.83. The van der Waals surface area contributed by atoms with Gasteiger partial charge in [-0.3, -0.25) is 4.98 Å². The maximum atomic E-state index is 12.4. The summed E-state index contributed by atoms with van der Waals surface area (Å²) in [5.74, 6) is -1.12. The Morgan fingerprint density at radius 2 is 1.74 bits per heavy atom. The molecule has 0 atom stereocenters. The van der Waals surface area contributed by atoms with Gasteiger partial charge in [0.05, 0.1) is 16.8 Å². The molecule has 0 spiro atoms. The summed E-state index contributed by atoms with van der Waals surface area (Å²) in [7, 11) is 0. The smallest absolute Gasteiger partial charge is 0.416 e. The zero-order chi connectivity index (χ0) is 14.0. The van der Waals surface area contributed by atoms with Crippen LogP contribution in [0.1, 0.15) is 15.9 Å². The molecule has 3 nitrogen and oxygen atoms in total. The van der Waals surface area contributed by atoms with Crippen molar-refractivity contribution in [3.8, 4) is 11.3 Å². The molecule has 2 aromatic rings. The van der Waals surface area contributed by atoms with Gasteiger partial charge in [-0.2, -0.15) is 13.2 Å². The summed E-state index contributed by atoms with van der Waals surface area (Å²) in [4.78, 5) is 14.7. The Bertz CT molecular complexity index is 606. The van der Waals surface area contributed by atoms with Crippen molar-refractivity contribution in [2.75, 3.05) is 0 Å². The van der Waals surface area contributed by atoms with Crippen molar-refractivity contribution in [1.29, 1.82) is 0 Å². The molecular formula is C13H8F3NO2. The van der Waals surface area contributed by atoms with Crippen LogP contribution in [0, 0.1) is 0 Å². The fraction of sp³-hybridized carbons (Fsp3) is 0.0769. The van der Waals surface area contributed by atoms with E-state index in [0.29, 0.717) is 11.3 Å². The standard InChI is InChI=1S/C13H8F3NO2/c14-13(15,16)10-3-1-8(2-4-10)11-7-9(12(18)19)5-6-17-11/h1-7H,(H,18,19). The van der Waals surface area contributed by atoms with Gasteiger partial charge in [-0.1, -0.05) is 12.1 Å². The number of pyridine rings is 1. The number of halogens is 3. The lowest BCUT2D eigenvalue weighted by atomic mass is 10.1. The molecule has 0 amide bonds. The van der Waals surface area contributed by atoms with E-state index < -0.39 is 17.7 Å². The van der Waals surface area contributed by atoms with E-state index >= 15 is 0 Å². The molecule has 0 aliphatic heterocycles. The van der Waals surface area contributed by atoms with E-state index in [0.717, 1.165) is 12.1 Å². The molecule has 0 aliphatic rings. The zero-order valence-electron chi connectivity index (χ0n) is 9.48. The Balaban J connectivity index is 2.37. The van der Waals surface area contributed by atoms with Crippen molar-refractivity contribution in [3.05, 3.63) is 53.7 Å². The van der Waals surface area contributed by atoms with Crippen molar-refractivity contribution in [2.24, 2.45) is 0 Å². The second kappa shape index (κ2) is 4.72. The minimum absolute atomic E-state index is 0.0323. The van der Waals surface area contributed by atoms with E-state index in [4.69, 9.17) is 5.11 Å². The van der Waals surface area contributed by atoms with E-state index in [-0.39, 0.29) is 5.56 Å². The molecule has 98 valence electrons. The van der Waals surface area contributed by atoms with Crippen LogP contribution in [0.3, 0.4) is 0 Å². The average Bonchev–Trinajstić information content (AvgIpc) is 2.38. The van der Waals surface area contributed by atoms with Gasteiger partial charge in [-0.15, -0.1) is 0 Å². The molecule has 1 N–H and O–H groups in total. The first-order chi connectivity index (χ1) is 8.88. The van der Waals surface area contributed by atoms with Gasteiger partial charge >= 0.3 is 12.1 Å². The van der Waals surface area contributed by atoms with Crippen molar-refractivity contribution in [1.82, 2.24) is 4.98 Å². The lowest BCUT2D eigenvalue weighted by Crippen LogP contribution is -2.04. The van der Waals surface area contributed by atoms with Crippen molar-refractivity contribution in [2.45, 2.75) is 6.18 Å². The van der Waals surface area contributed by atoms with E-state index in [1.165, 1.54) is 30.5 Å². The van der Waals surface area contributed by atoms with Gasteiger partial charge in [0.15, 0.2) is 0 Å². The Morgan fingerprint density at radius 1 is 1.11 bits per heavy atom. The number of carboxylic acid groups (broad SMARTS) is 1. The van der Waals surface area contributed by atoms with Crippen LogP contribution in [-0.4, -0.2) is 16.1 Å². The Kier molecular flexibility index (Phi) is 3.25. The monoisotopic (exact) mass is 267 g/mol. The third-order valence-corrected chi connectivity index (χ3v) is 2.51. The van der Waals surface area contributed by atoms with Gasteiger partial charge < -0.3 is 5.11 Å². The maximum Gasteiger partial charge on any atom is 0.416 e. The summed E-state index contributed by atoms with van der Waals surface area (Å²) in [6, 6.07) is 7.02. The van der Waals surface area contributed by atoms with Crippen LogP contribution in [0.15, 0.2) is 42.6 Å². The lowest BCUT2D eigenvalue weighted by molar-refractivity contribution is -0.137. The molecular weight excluding hydrogens is 259 g/mol. The van der Waals surface area contributed by atoms with Gasteiger partial charge in [-0.25, -0.2) is 4.79 Å². The van der Waals surface area contributed by atoms with Gasteiger partial charge in [0, 0.05) is 11.8 Å². The molecule has 6 heteroatoms. The number of carboxylic acids is 1. The molecule has 0 radical (unpaired) electrons. The molecule has 2 rings (SSSR count).